The van der Waals surface area contributed by atoms with Gasteiger partial charge in [0.05, 0.1) is 27.0 Å². The molecule has 21 heavy (non-hydrogen) atoms. The summed E-state index contributed by atoms with van der Waals surface area (Å²) >= 11 is 15.4. The molecule has 0 atom stereocenters. The standard InChI is InChI=1S/C14H12BrCl2N3O/c1-2-19-10-5-6-18-7-8(10)14(21)20-11-4-3-9(15)12(16)13(11)17/h3-7H,2H2,1H3,(H,18,19)(H,20,21). The Morgan fingerprint density at radius 2 is 2.00 bits per heavy atom. The normalized spacial score (nSPS) is 10.3. The Hall–Kier alpha value is -1.30. The number of pyridine rings is 1. The number of benzene rings is 1. The molecule has 0 aliphatic carbocycles. The van der Waals surface area contributed by atoms with Crippen LogP contribution in [0, 0.1) is 0 Å². The third kappa shape index (κ3) is 3.67. The van der Waals surface area contributed by atoms with Gasteiger partial charge in [0.1, 0.15) is 0 Å². The molecule has 1 aromatic heterocycles. The summed E-state index contributed by atoms with van der Waals surface area (Å²) in [6.45, 7) is 2.66. The van der Waals surface area contributed by atoms with Crippen molar-refractivity contribution in [2.24, 2.45) is 0 Å². The van der Waals surface area contributed by atoms with E-state index < -0.39 is 0 Å². The van der Waals surface area contributed by atoms with Gasteiger partial charge < -0.3 is 10.6 Å². The van der Waals surface area contributed by atoms with Gasteiger partial charge in [-0.05, 0) is 41.1 Å². The van der Waals surface area contributed by atoms with Crippen molar-refractivity contribution >= 4 is 56.4 Å². The maximum atomic E-state index is 12.4. The van der Waals surface area contributed by atoms with E-state index in [4.69, 9.17) is 23.2 Å². The fourth-order valence-corrected chi connectivity index (χ4v) is 2.55. The third-order valence-electron chi connectivity index (χ3n) is 2.72. The van der Waals surface area contributed by atoms with Crippen molar-refractivity contribution in [1.29, 1.82) is 0 Å². The number of halogens is 3. The third-order valence-corrected chi connectivity index (χ3v) is 4.49. The summed E-state index contributed by atoms with van der Waals surface area (Å²) in [7, 11) is 0. The number of hydrogen-bond acceptors (Lipinski definition) is 3. The maximum absolute atomic E-state index is 12.4. The van der Waals surface area contributed by atoms with E-state index in [-0.39, 0.29) is 10.9 Å². The molecule has 1 aromatic carbocycles. The summed E-state index contributed by atoms with van der Waals surface area (Å²) in [5.74, 6) is -0.306. The van der Waals surface area contributed by atoms with Crippen LogP contribution in [0.15, 0.2) is 35.1 Å². The van der Waals surface area contributed by atoms with E-state index in [0.29, 0.717) is 33.0 Å². The summed E-state index contributed by atoms with van der Waals surface area (Å²) in [6, 6.07) is 5.15. The summed E-state index contributed by atoms with van der Waals surface area (Å²) in [4.78, 5) is 16.3. The molecule has 110 valence electrons. The Morgan fingerprint density at radius 3 is 2.71 bits per heavy atom. The zero-order chi connectivity index (χ0) is 15.4. The van der Waals surface area contributed by atoms with Crippen LogP contribution in [0.4, 0.5) is 11.4 Å². The molecule has 2 aromatic rings. The van der Waals surface area contributed by atoms with Crippen molar-refractivity contribution in [3.05, 3.63) is 50.7 Å². The van der Waals surface area contributed by atoms with Crippen molar-refractivity contribution in [2.45, 2.75) is 6.92 Å². The van der Waals surface area contributed by atoms with Crippen molar-refractivity contribution in [2.75, 3.05) is 17.2 Å². The lowest BCUT2D eigenvalue weighted by Gasteiger charge is -2.12. The van der Waals surface area contributed by atoms with Crippen LogP contribution in [0.5, 0.6) is 0 Å². The lowest BCUT2D eigenvalue weighted by atomic mass is 10.2. The molecule has 0 fully saturated rings. The molecule has 2 rings (SSSR count). The molecule has 0 aliphatic rings. The van der Waals surface area contributed by atoms with Gasteiger partial charge in [-0.15, -0.1) is 0 Å². The van der Waals surface area contributed by atoms with Gasteiger partial charge in [-0.25, -0.2) is 0 Å². The number of anilines is 2. The second-order valence-corrected chi connectivity index (χ2v) is 5.74. The van der Waals surface area contributed by atoms with Crippen molar-refractivity contribution in [1.82, 2.24) is 4.98 Å². The first-order valence-corrected chi connectivity index (χ1v) is 7.72. The van der Waals surface area contributed by atoms with Gasteiger partial charge in [-0.1, -0.05) is 23.2 Å². The van der Waals surface area contributed by atoms with Crippen LogP contribution in [0.3, 0.4) is 0 Å². The SMILES string of the molecule is CCNc1ccncc1C(=O)Nc1ccc(Br)c(Cl)c1Cl. The molecule has 0 saturated carbocycles. The first-order valence-electron chi connectivity index (χ1n) is 6.17. The number of amides is 1. The molecule has 0 unspecified atom stereocenters. The number of hydrogen-bond donors (Lipinski definition) is 2. The minimum atomic E-state index is -0.306. The molecule has 1 amide bonds. The molecule has 2 N–H and O–H groups in total. The Kier molecular flexibility index (Phi) is 5.45. The quantitative estimate of drug-likeness (QED) is 0.737. The second kappa shape index (κ2) is 7.11. The Morgan fingerprint density at radius 1 is 1.24 bits per heavy atom. The highest BCUT2D eigenvalue weighted by molar-refractivity contribution is 9.10. The smallest absolute Gasteiger partial charge is 0.259 e. The summed E-state index contributed by atoms with van der Waals surface area (Å²) < 4.78 is 0.668. The van der Waals surface area contributed by atoms with Crippen LogP contribution in [0.25, 0.3) is 0 Å². The van der Waals surface area contributed by atoms with Crippen molar-refractivity contribution < 1.29 is 4.79 Å². The zero-order valence-electron chi connectivity index (χ0n) is 11.1. The van der Waals surface area contributed by atoms with E-state index in [1.54, 1.807) is 24.4 Å². The molecule has 0 radical (unpaired) electrons. The van der Waals surface area contributed by atoms with E-state index in [1.165, 1.54) is 6.20 Å². The number of nitrogens with one attached hydrogen (secondary N) is 2. The monoisotopic (exact) mass is 387 g/mol. The first kappa shape index (κ1) is 16.1. The molecule has 4 nitrogen and oxygen atoms in total. The van der Waals surface area contributed by atoms with Crippen LogP contribution >= 0.6 is 39.1 Å². The molecule has 0 spiro atoms. The molecule has 1 heterocycles. The molecule has 0 bridgehead atoms. The molecule has 0 aliphatic heterocycles. The molecule has 0 saturated heterocycles. The lowest BCUT2D eigenvalue weighted by Crippen LogP contribution is -2.15. The summed E-state index contributed by atoms with van der Waals surface area (Å²) in [5.41, 5.74) is 1.60. The fraction of sp³-hybridized carbons (Fsp3) is 0.143. The second-order valence-electron chi connectivity index (χ2n) is 4.13. The Balaban J connectivity index is 2.29. The van der Waals surface area contributed by atoms with Gasteiger partial charge in [0.2, 0.25) is 0 Å². The van der Waals surface area contributed by atoms with Gasteiger partial charge >= 0.3 is 0 Å². The van der Waals surface area contributed by atoms with Gasteiger partial charge in [-0.3, -0.25) is 9.78 Å². The van der Waals surface area contributed by atoms with E-state index in [0.717, 1.165) is 0 Å². The highest BCUT2D eigenvalue weighted by Crippen LogP contribution is 2.36. The predicted octanol–water partition coefficient (Wildman–Crippen LogP) is 4.84. The fourth-order valence-electron chi connectivity index (χ4n) is 1.73. The highest BCUT2D eigenvalue weighted by atomic mass is 79.9. The van der Waals surface area contributed by atoms with E-state index in [9.17, 15) is 4.79 Å². The Labute approximate surface area is 141 Å². The minimum Gasteiger partial charge on any atom is -0.385 e. The number of nitrogens with zero attached hydrogens (tertiary/aromatic N) is 1. The van der Waals surface area contributed by atoms with E-state index in [1.807, 2.05) is 6.92 Å². The van der Waals surface area contributed by atoms with Gasteiger partial charge in [-0.2, -0.15) is 0 Å². The number of aromatic nitrogens is 1. The summed E-state index contributed by atoms with van der Waals surface area (Å²) in [5, 5.41) is 6.49. The topological polar surface area (TPSA) is 54.0 Å². The van der Waals surface area contributed by atoms with Crippen LogP contribution in [0.2, 0.25) is 10.0 Å². The molecular formula is C14H12BrCl2N3O. The van der Waals surface area contributed by atoms with Gasteiger partial charge in [0.25, 0.3) is 5.91 Å². The van der Waals surface area contributed by atoms with Crippen LogP contribution in [0.1, 0.15) is 17.3 Å². The van der Waals surface area contributed by atoms with Crippen molar-refractivity contribution in [3.8, 4) is 0 Å². The Bertz CT molecular complexity index is 679. The van der Waals surface area contributed by atoms with Gasteiger partial charge in [0.15, 0.2) is 0 Å². The minimum absolute atomic E-state index is 0.285. The van der Waals surface area contributed by atoms with E-state index >= 15 is 0 Å². The number of carbonyl (C=O) groups excluding carboxylic acids is 1. The van der Waals surface area contributed by atoms with Gasteiger partial charge in [0, 0.05) is 23.4 Å². The maximum Gasteiger partial charge on any atom is 0.259 e. The molecular weight excluding hydrogens is 377 g/mol. The van der Waals surface area contributed by atoms with E-state index in [2.05, 4.69) is 31.5 Å². The lowest BCUT2D eigenvalue weighted by molar-refractivity contribution is 0.102. The van der Waals surface area contributed by atoms with Crippen LogP contribution in [-0.4, -0.2) is 17.4 Å². The summed E-state index contributed by atoms with van der Waals surface area (Å²) in [6.07, 6.45) is 3.12. The highest BCUT2D eigenvalue weighted by Gasteiger charge is 2.15. The van der Waals surface area contributed by atoms with Crippen LogP contribution in [-0.2, 0) is 0 Å². The van der Waals surface area contributed by atoms with Crippen LogP contribution < -0.4 is 10.6 Å². The predicted molar refractivity (Wildman–Crippen MR) is 90.5 cm³/mol. The number of carbonyl (C=O) groups is 1. The van der Waals surface area contributed by atoms with Crippen molar-refractivity contribution in [3.63, 3.8) is 0 Å². The number of rotatable bonds is 4. The largest absolute Gasteiger partial charge is 0.385 e. The first-order chi connectivity index (χ1) is 10.0. The molecule has 7 heteroatoms. The average Bonchev–Trinajstić information content (AvgIpc) is 2.49. The zero-order valence-corrected chi connectivity index (χ0v) is 14.2. The average molecular weight is 389 g/mol.